The average molecular weight is 528 g/mol. The van der Waals surface area contributed by atoms with Gasteiger partial charge < -0.3 is 10.5 Å². The van der Waals surface area contributed by atoms with Crippen molar-refractivity contribution >= 4 is 44.9 Å². The Morgan fingerprint density at radius 2 is 1.89 bits per heavy atom. The first-order chi connectivity index (χ1) is 17.1. The number of nitrogens with zero attached hydrogens (tertiary/aromatic N) is 4. The Balaban J connectivity index is 1.85. The lowest BCUT2D eigenvalue weighted by molar-refractivity contribution is 0.102. The molecule has 12 heteroatoms. The van der Waals surface area contributed by atoms with Gasteiger partial charge in [0.2, 0.25) is 0 Å². The quantitative estimate of drug-likeness (QED) is 0.220. The number of nitrogens with two attached hydrogens (primary N) is 1. The second-order valence-corrected chi connectivity index (χ2v) is 10.1. The van der Waals surface area contributed by atoms with Crippen molar-refractivity contribution in [3.8, 4) is 11.4 Å². The standard InChI is InChI=1S/C24H25N5O5S2/c1-6-16-12(2)17-20(36-16)26-23(29(22(17)32)13-8-7-9-14(10-13)34-5)35-11-15(30)18-19(25)27(3)24(33)28(4)21(18)31/h7-10H,6,11,25H2,1-5H3. The minimum Gasteiger partial charge on any atom is -0.497 e. The van der Waals surface area contributed by atoms with E-state index in [-0.39, 0.29) is 22.7 Å². The molecule has 36 heavy (non-hydrogen) atoms. The van der Waals surface area contributed by atoms with Crippen LogP contribution in [0.4, 0.5) is 5.82 Å². The van der Waals surface area contributed by atoms with Crippen molar-refractivity contribution in [1.82, 2.24) is 18.7 Å². The first kappa shape index (κ1) is 25.5. The molecular weight excluding hydrogens is 502 g/mol. The molecule has 0 fully saturated rings. The summed E-state index contributed by atoms with van der Waals surface area (Å²) in [6.07, 6.45) is 0.766. The molecule has 0 bridgehead atoms. The fourth-order valence-corrected chi connectivity index (χ4v) is 5.99. The lowest BCUT2D eigenvalue weighted by Crippen LogP contribution is -2.41. The van der Waals surface area contributed by atoms with Crippen molar-refractivity contribution in [1.29, 1.82) is 0 Å². The van der Waals surface area contributed by atoms with Crippen LogP contribution in [0.2, 0.25) is 0 Å². The monoisotopic (exact) mass is 527 g/mol. The van der Waals surface area contributed by atoms with Gasteiger partial charge in [-0.05, 0) is 31.0 Å². The molecule has 0 radical (unpaired) electrons. The van der Waals surface area contributed by atoms with E-state index >= 15 is 0 Å². The number of hydrogen-bond donors (Lipinski definition) is 1. The lowest BCUT2D eigenvalue weighted by Gasteiger charge is -2.14. The van der Waals surface area contributed by atoms with Gasteiger partial charge in [0, 0.05) is 25.0 Å². The number of benzene rings is 1. The van der Waals surface area contributed by atoms with E-state index in [1.54, 1.807) is 24.3 Å². The van der Waals surface area contributed by atoms with Crippen LogP contribution >= 0.6 is 23.1 Å². The Bertz CT molecular complexity index is 1700. The zero-order valence-electron chi connectivity index (χ0n) is 20.4. The average Bonchev–Trinajstić information content (AvgIpc) is 3.20. The molecule has 4 rings (SSSR count). The van der Waals surface area contributed by atoms with Crippen LogP contribution in [0.3, 0.4) is 0 Å². The summed E-state index contributed by atoms with van der Waals surface area (Å²) >= 11 is 2.47. The molecule has 0 saturated carbocycles. The van der Waals surface area contributed by atoms with Gasteiger partial charge in [-0.1, -0.05) is 24.8 Å². The molecule has 0 amide bonds. The number of rotatable bonds is 7. The van der Waals surface area contributed by atoms with Gasteiger partial charge in [0.1, 0.15) is 22.0 Å². The number of methoxy groups -OCH3 is 1. The van der Waals surface area contributed by atoms with E-state index in [9.17, 15) is 19.2 Å². The number of Topliss-reactive ketones (excluding diaryl/α,β-unsaturated/α-hetero) is 1. The summed E-state index contributed by atoms with van der Waals surface area (Å²) in [6, 6.07) is 6.99. The largest absolute Gasteiger partial charge is 0.497 e. The van der Waals surface area contributed by atoms with Crippen molar-refractivity contribution in [2.45, 2.75) is 25.4 Å². The number of nitrogen functional groups attached to an aromatic ring is 1. The highest BCUT2D eigenvalue weighted by atomic mass is 32.2. The molecule has 0 spiro atoms. The van der Waals surface area contributed by atoms with Gasteiger partial charge >= 0.3 is 5.69 Å². The summed E-state index contributed by atoms with van der Waals surface area (Å²) in [5.41, 5.74) is 5.45. The molecule has 3 heterocycles. The van der Waals surface area contributed by atoms with Gasteiger partial charge in [-0.2, -0.15) is 0 Å². The Labute approximate surface area is 214 Å². The summed E-state index contributed by atoms with van der Waals surface area (Å²) in [4.78, 5) is 58.0. The van der Waals surface area contributed by atoms with Crippen molar-refractivity contribution in [2.75, 3.05) is 18.6 Å². The second kappa shape index (κ2) is 9.78. The van der Waals surface area contributed by atoms with Gasteiger partial charge in [-0.15, -0.1) is 11.3 Å². The van der Waals surface area contributed by atoms with Crippen molar-refractivity contribution in [3.63, 3.8) is 0 Å². The number of aromatic nitrogens is 4. The Morgan fingerprint density at radius 1 is 1.17 bits per heavy atom. The molecule has 0 aliphatic heterocycles. The van der Waals surface area contributed by atoms with Crippen LogP contribution in [0, 0.1) is 6.92 Å². The summed E-state index contributed by atoms with van der Waals surface area (Å²) in [5, 5.41) is 0.824. The second-order valence-electron chi connectivity index (χ2n) is 8.10. The highest BCUT2D eigenvalue weighted by molar-refractivity contribution is 7.99. The molecule has 2 N–H and O–H groups in total. The molecule has 4 aromatic rings. The van der Waals surface area contributed by atoms with E-state index < -0.39 is 17.0 Å². The normalized spacial score (nSPS) is 11.2. The van der Waals surface area contributed by atoms with E-state index in [0.717, 1.165) is 37.8 Å². The lowest BCUT2D eigenvalue weighted by atomic mass is 10.2. The summed E-state index contributed by atoms with van der Waals surface area (Å²) in [5.74, 6) is -0.435. The minimum atomic E-state index is -0.767. The molecule has 0 saturated heterocycles. The SMILES string of the molecule is CCc1sc2nc(SCC(=O)c3c(N)n(C)c(=O)n(C)c3=O)n(-c3cccc(OC)c3)c(=O)c2c1C. The van der Waals surface area contributed by atoms with Crippen LogP contribution < -0.4 is 27.3 Å². The molecule has 0 aliphatic carbocycles. The predicted octanol–water partition coefficient (Wildman–Crippen LogP) is 2.28. The molecular formula is C24H25N5O5S2. The first-order valence-electron chi connectivity index (χ1n) is 11.0. The zero-order chi connectivity index (χ0) is 26.3. The number of thiophene rings is 1. The van der Waals surface area contributed by atoms with Crippen LogP contribution in [0.1, 0.15) is 27.7 Å². The number of fused-ring (bicyclic) bond motifs is 1. The van der Waals surface area contributed by atoms with Gasteiger partial charge in [-0.25, -0.2) is 9.78 Å². The number of carbonyl (C=O) groups excluding carboxylic acids is 1. The predicted molar refractivity (Wildman–Crippen MR) is 142 cm³/mol. The van der Waals surface area contributed by atoms with Crippen molar-refractivity contribution in [3.05, 3.63) is 71.5 Å². The number of ketones is 1. The fraction of sp³-hybridized carbons (Fsp3) is 0.292. The summed E-state index contributed by atoms with van der Waals surface area (Å²) in [7, 11) is 4.21. The van der Waals surface area contributed by atoms with Gasteiger partial charge in [0.05, 0.1) is 23.9 Å². The van der Waals surface area contributed by atoms with E-state index in [1.807, 2.05) is 13.8 Å². The topological polar surface area (TPSA) is 131 Å². The van der Waals surface area contributed by atoms with E-state index in [0.29, 0.717) is 26.8 Å². The maximum Gasteiger partial charge on any atom is 0.332 e. The number of anilines is 1. The maximum atomic E-state index is 13.7. The van der Waals surface area contributed by atoms with Crippen LogP contribution in [-0.2, 0) is 20.5 Å². The molecule has 10 nitrogen and oxygen atoms in total. The third-order valence-electron chi connectivity index (χ3n) is 5.99. The minimum absolute atomic E-state index is 0.205. The third-order valence-corrected chi connectivity index (χ3v) is 8.25. The first-order valence-corrected chi connectivity index (χ1v) is 12.8. The third kappa shape index (κ3) is 4.16. The number of hydrogen-bond acceptors (Lipinski definition) is 9. The van der Waals surface area contributed by atoms with Crippen molar-refractivity contribution < 1.29 is 9.53 Å². The number of thioether (sulfide) groups is 1. The number of carbonyl (C=O) groups is 1. The van der Waals surface area contributed by atoms with Gasteiger partial charge in [0.25, 0.3) is 11.1 Å². The van der Waals surface area contributed by atoms with Gasteiger partial charge in [0.15, 0.2) is 10.9 Å². The summed E-state index contributed by atoms with van der Waals surface area (Å²) < 4.78 is 8.67. The van der Waals surface area contributed by atoms with Crippen LogP contribution in [0.25, 0.3) is 15.9 Å². The number of ether oxygens (including phenoxy) is 1. The summed E-state index contributed by atoms with van der Waals surface area (Å²) in [6.45, 7) is 3.93. The Kier molecular flexibility index (Phi) is 6.92. The molecule has 3 aromatic heterocycles. The maximum absolute atomic E-state index is 13.7. The Hall–Kier alpha value is -3.64. The Morgan fingerprint density at radius 3 is 2.56 bits per heavy atom. The van der Waals surface area contributed by atoms with Gasteiger partial charge in [-0.3, -0.25) is 28.1 Å². The van der Waals surface area contributed by atoms with Crippen molar-refractivity contribution in [2.24, 2.45) is 14.1 Å². The molecule has 188 valence electrons. The zero-order valence-corrected chi connectivity index (χ0v) is 22.1. The van der Waals surface area contributed by atoms with Crippen LogP contribution in [0.5, 0.6) is 5.75 Å². The fourth-order valence-electron chi connectivity index (χ4n) is 3.95. The van der Waals surface area contributed by atoms with Crippen LogP contribution in [0.15, 0.2) is 43.8 Å². The highest BCUT2D eigenvalue weighted by Crippen LogP contribution is 2.31. The van der Waals surface area contributed by atoms with Crippen LogP contribution in [-0.4, -0.2) is 37.3 Å². The van der Waals surface area contributed by atoms with E-state index in [2.05, 4.69) is 0 Å². The molecule has 0 atom stereocenters. The molecule has 0 aliphatic rings. The molecule has 0 unspecified atom stereocenters. The number of aryl methyl sites for hydroxylation is 2. The molecule has 1 aromatic carbocycles. The van der Waals surface area contributed by atoms with E-state index in [1.165, 1.54) is 37.1 Å². The highest BCUT2D eigenvalue weighted by Gasteiger charge is 2.23. The van der Waals surface area contributed by atoms with E-state index in [4.69, 9.17) is 15.5 Å². The smallest absolute Gasteiger partial charge is 0.332 e.